The summed E-state index contributed by atoms with van der Waals surface area (Å²) in [6.07, 6.45) is 1.74. The lowest BCUT2D eigenvalue weighted by molar-refractivity contribution is 0.462. The van der Waals surface area contributed by atoms with Gasteiger partial charge in [-0.05, 0) is 40.2 Å². The molecule has 0 radical (unpaired) electrons. The third kappa shape index (κ3) is 2.73. The maximum atomic E-state index is 9.57. The summed E-state index contributed by atoms with van der Waals surface area (Å²) in [4.78, 5) is 5.03. The van der Waals surface area contributed by atoms with Gasteiger partial charge in [-0.25, -0.2) is 4.98 Å². The number of nitrogens with zero attached hydrogens (tertiary/aromatic N) is 1. The molecular formula is C11H8BrNOS. The molecule has 0 saturated carbocycles. The molecule has 0 saturated heterocycles. The number of para-hydroxylation sites is 1. The highest BCUT2D eigenvalue weighted by Gasteiger charge is 2.02. The van der Waals surface area contributed by atoms with E-state index in [9.17, 15) is 5.11 Å². The molecule has 0 spiro atoms. The minimum absolute atomic E-state index is 0.284. The quantitative estimate of drug-likeness (QED) is 0.911. The molecule has 0 aliphatic rings. The Morgan fingerprint density at radius 2 is 1.93 bits per heavy atom. The van der Waals surface area contributed by atoms with E-state index in [1.165, 1.54) is 11.8 Å². The molecule has 4 heteroatoms. The van der Waals surface area contributed by atoms with Crippen molar-refractivity contribution in [3.05, 3.63) is 47.1 Å². The number of halogens is 1. The lowest BCUT2D eigenvalue weighted by Crippen LogP contribution is -1.79. The predicted octanol–water partition coefficient (Wildman–Crippen LogP) is 3.70. The molecule has 0 fully saturated rings. The van der Waals surface area contributed by atoms with Crippen LogP contribution >= 0.6 is 27.7 Å². The van der Waals surface area contributed by atoms with Crippen LogP contribution in [0.1, 0.15) is 0 Å². The fraction of sp³-hybridized carbons (Fsp3) is 0. The van der Waals surface area contributed by atoms with Crippen LogP contribution in [0.2, 0.25) is 0 Å². The Kier molecular flexibility index (Phi) is 3.28. The number of rotatable bonds is 2. The first kappa shape index (κ1) is 10.5. The molecule has 0 aliphatic heterocycles. The van der Waals surface area contributed by atoms with Gasteiger partial charge in [0.15, 0.2) is 0 Å². The average Bonchev–Trinajstić information content (AvgIpc) is 2.25. The highest BCUT2D eigenvalue weighted by atomic mass is 79.9. The number of pyridine rings is 1. The average molecular weight is 282 g/mol. The molecule has 2 nitrogen and oxygen atoms in total. The van der Waals surface area contributed by atoms with E-state index in [-0.39, 0.29) is 5.75 Å². The standard InChI is InChI=1S/C11H8BrNOS/c12-8-5-6-11(13-7-8)15-10-4-2-1-3-9(10)14/h1-7,14H. The van der Waals surface area contributed by atoms with E-state index in [4.69, 9.17) is 0 Å². The van der Waals surface area contributed by atoms with Gasteiger partial charge < -0.3 is 5.11 Å². The number of hydrogen-bond donors (Lipinski definition) is 1. The SMILES string of the molecule is Oc1ccccc1Sc1ccc(Br)cn1. The summed E-state index contributed by atoms with van der Waals surface area (Å²) < 4.78 is 0.948. The van der Waals surface area contributed by atoms with Gasteiger partial charge in [-0.15, -0.1) is 0 Å². The van der Waals surface area contributed by atoms with E-state index in [1.807, 2.05) is 24.3 Å². The molecule has 76 valence electrons. The zero-order valence-corrected chi connectivity index (χ0v) is 10.1. The van der Waals surface area contributed by atoms with Crippen molar-refractivity contribution in [2.45, 2.75) is 9.92 Å². The Hall–Kier alpha value is -1.00. The minimum atomic E-state index is 0.284. The molecule has 0 bridgehead atoms. The van der Waals surface area contributed by atoms with Gasteiger partial charge in [0.1, 0.15) is 10.8 Å². The highest BCUT2D eigenvalue weighted by molar-refractivity contribution is 9.10. The Labute approximate surface area is 100 Å². The van der Waals surface area contributed by atoms with E-state index in [0.29, 0.717) is 0 Å². The molecule has 0 aliphatic carbocycles. The second kappa shape index (κ2) is 4.68. The van der Waals surface area contributed by atoms with Gasteiger partial charge in [0, 0.05) is 10.7 Å². The number of phenols is 1. The number of phenolic OH excluding ortho intramolecular Hbond substituents is 1. The van der Waals surface area contributed by atoms with Crippen LogP contribution in [0.4, 0.5) is 0 Å². The first-order valence-corrected chi connectivity index (χ1v) is 5.94. The van der Waals surface area contributed by atoms with Crippen LogP contribution in [-0.4, -0.2) is 10.1 Å². The lowest BCUT2D eigenvalue weighted by Gasteiger charge is -2.02. The van der Waals surface area contributed by atoms with E-state index in [0.717, 1.165) is 14.4 Å². The van der Waals surface area contributed by atoms with Crippen molar-refractivity contribution in [3.8, 4) is 5.75 Å². The minimum Gasteiger partial charge on any atom is -0.507 e. The van der Waals surface area contributed by atoms with Gasteiger partial charge in [-0.3, -0.25) is 0 Å². The van der Waals surface area contributed by atoms with Crippen LogP contribution in [0.3, 0.4) is 0 Å². The predicted molar refractivity (Wildman–Crippen MR) is 64.2 cm³/mol. The van der Waals surface area contributed by atoms with Gasteiger partial charge in [0.25, 0.3) is 0 Å². The maximum absolute atomic E-state index is 9.57. The van der Waals surface area contributed by atoms with Crippen molar-refractivity contribution in [2.75, 3.05) is 0 Å². The second-order valence-electron chi connectivity index (χ2n) is 2.88. The molecule has 1 aromatic heterocycles. The third-order valence-corrected chi connectivity index (χ3v) is 3.26. The monoisotopic (exact) mass is 281 g/mol. The summed E-state index contributed by atoms with van der Waals surface area (Å²) in [6, 6.07) is 11.1. The van der Waals surface area contributed by atoms with Crippen molar-refractivity contribution in [1.29, 1.82) is 0 Å². The molecule has 0 unspecified atom stereocenters. The van der Waals surface area contributed by atoms with Gasteiger partial charge in [-0.2, -0.15) is 0 Å². The van der Waals surface area contributed by atoms with Gasteiger partial charge >= 0.3 is 0 Å². The molecule has 1 aromatic carbocycles. The fourth-order valence-corrected chi connectivity index (χ4v) is 2.10. The maximum Gasteiger partial charge on any atom is 0.129 e. The Morgan fingerprint density at radius 3 is 2.60 bits per heavy atom. The smallest absolute Gasteiger partial charge is 0.129 e. The third-order valence-electron chi connectivity index (χ3n) is 1.78. The summed E-state index contributed by atoms with van der Waals surface area (Å²) in [5, 5.41) is 10.4. The normalized spacial score (nSPS) is 10.2. The summed E-state index contributed by atoms with van der Waals surface area (Å²) in [7, 11) is 0. The van der Waals surface area contributed by atoms with Crippen LogP contribution in [0, 0.1) is 0 Å². The number of hydrogen-bond acceptors (Lipinski definition) is 3. The number of aromatic nitrogens is 1. The molecule has 15 heavy (non-hydrogen) atoms. The molecule has 1 N–H and O–H groups in total. The number of aromatic hydroxyl groups is 1. The topological polar surface area (TPSA) is 33.1 Å². The molecule has 1 heterocycles. The highest BCUT2D eigenvalue weighted by Crippen LogP contribution is 2.32. The summed E-state index contributed by atoms with van der Waals surface area (Å²) in [5.41, 5.74) is 0. The fourth-order valence-electron chi connectivity index (χ4n) is 1.08. The summed E-state index contributed by atoms with van der Waals surface area (Å²) in [6.45, 7) is 0. The first-order chi connectivity index (χ1) is 7.25. The van der Waals surface area contributed by atoms with E-state index < -0.39 is 0 Å². The van der Waals surface area contributed by atoms with Gasteiger partial charge in [0.2, 0.25) is 0 Å². The Bertz CT molecular complexity index is 458. The van der Waals surface area contributed by atoms with Gasteiger partial charge in [-0.1, -0.05) is 23.9 Å². The zero-order chi connectivity index (χ0) is 10.7. The van der Waals surface area contributed by atoms with E-state index in [1.54, 1.807) is 18.3 Å². The largest absolute Gasteiger partial charge is 0.507 e. The Morgan fingerprint density at radius 1 is 1.13 bits per heavy atom. The summed E-state index contributed by atoms with van der Waals surface area (Å²) in [5.74, 6) is 0.284. The van der Waals surface area contributed by atoms with Crippen LogP contribution in [-0.2, 0) is 0 Å². The van der Waals surface area contributed by atoms with E-state index >= 15 is 0 Å². The van der Waals surface area contributed by atoms with Crippen molar-refractivity contribution >= 4 is 27.7 Å². The lowest BCUT2D eigenvalue weighted by atomic mass is 10.3. The summed E-state index contributed by atoms with van der Waals surface area (Å²) >= 11 is 4.77. The van der Waals surface area contributed by atoms with Crippen molar-refractivity contribution in [3.63, 3.8) is 0 Å². The first-order valence-electron chi connectivity index (χ1n) is 4.33. The van der Waals surface area contributed by atoms with Crippen LogP contribution in [0.25, 0.3) is 0 Å². The van der Waals surface area contributed by atoms with Crippen LogP contribution in [0.15, 0.2) is 57.0 Å². The molecular weight excluding hydrogens is 274 g/mol. The van der Waals surface area contributed by atoms with Crippen molar-refractivity contribution in [2.24, 2.45) is 0 Å². The van der Waals surface area contributed by atoms with Crippen molar-refractivity contribution < 1.29 is 5.11 Å². The second-order valence-corrected chi connectivity index (χ2v) is 4.86. The molecule has 2 aromatic rings. The molecule has 0 atom stereocenters. The molecule has 0 amide bonds. The van der Waals surface area contributed by atoms with Crippen LogP contribution < -0.4 is 0 Å². The molecule has 2 rings (SSSR count). The van der Waals surface area contributed by atoms with Crippen LogP contribution in [0.5, 0.6) is 5.75 Å². The Balaban J connectivity index is 2.22. The number of benzene rings is 1. The van der Waals surface area contributed by atoms with Gasteiger partial charge in [0.05, 0.1) is 4.90 Å². The van der Waals surface area contributed by atoms with Crippen molar-refractivity contribution in [1.82, 2.24) is 4.98 Å². The van der Waals surface area contributed by atoms with E-state index in [2.05, 4.69) is 20.9 Å². The zero-order valence-electron chi connectivity index (χ0n) is 7.72.